The zero-order valence-electron chi connectivity index (χ0n) is 12.9. The summed E-state index contributed by atoms with van der Waals surface area (Å²) in [6.45, 7) is 0.436. The second-order valence-electron chi connectivity index (χ2n) is 5.22. The van der Waals surface area contributed by atoms with E-state index < -0.39 is 0 Å². The maximum atomic E-state index is 11.9. The molecule has 0 saturated carbocycles. The molecule has 0 atom stereocenters. The summed E-state index contributed by atoms with van der Waals surface area (Å²) in [7, 11) is 4.01. The first-order chi connectivity index (χ1) is 10.6. The third-order valence-corrected chi connectivity index (χ3v) is 3.36. The van der Waals surface area contributed by atoms with Crippen molar-refractivity contribution in [2.75, 3.05) is 19.0 Å². The SMILES string of the molecule is CN(C)c1ccc(/C=C/c2ccn(CCC#N)c(=O)c2)cc1. The van der Waals surface area contributed by atoms with Gasteiger partial charge in [-0.05, 0) is 29.3 Å². The second kappa shape index (κ2) is 7.28. The fraction of sp³-hybridized carbons (Fsp3) is 0.222. The smallest absolute Gasteiger partial charge is 0.251 e. The molecule has 1 aromatic carbocycles. The number of aryl methyl sites for hydroxylation is 1. The minimum Gasteiger partial charge on any atom is -0.378 e. The normalized spacial score (nSPS) is 10.6. The van der Waals surface area contributed by atoms with Crippen LogP contribution >= 0.6 is 0 Å². The lowest BCUT2D eigenvalue weighted by Gasteiger charge is -2.11. The Morgan fingerprint density at radius 1 is 1.14 bits per heavy atom. The number of aromatic nitrogens is 1. The number of hydrogen-bond acceptors (Lipinski definition) is 3. The fourth-order valence-electron chi connectivity index (χ4n) is 2.06. The molecule has 22 heavy (non-hydrogen) atoms. The van der Waals surface area contributed by atoms with Crippen LogP contribution in [0.3, 0.4) is 0 Å². The van der Waals surface area contributed by atoms with Crippen molar-refractivity contribution < 1.29 is 0 Å². The van der Waals surface area contributed by atoms with Gasteiger partial charge in [-0.15, -0.1) is 0 Å². The van der Waals surface area contributed by atoms with E-state index in [2.05, 4.69) is 12.1 Å². The van der Waals surface area contributed by atoms with Gasteiger partial charge in [0.15, 0.2) is 0 Å². The number of rotatable bonds is 5. The zero-order valence-corrected chi connectivity index (χ0v) is 12.9. The van der Waals surface area contributed by atoms with Crippen molar-refractivity contribution in [1.29, 1.82) is 5.26 Å². The highest BCUT2D eigenvalue weighted by atomic mass is 16.1. The van der Waals surface area contributed by atoms with Gasteiger partial charge < -0.3 is 9.47 Å². The van der Waals surface area contributed by atoms with Crippen LogP contribution < -0.4 is 10.5 Å². The molecule has 112 valence electrons. The van der Waals surface area contributed by atoms with Gasteiger partial charge in [0.1, 0.15) is 0 Å². The molecule has 0 fully saturated rings. The summed E-state index contributed by atoms with van der Waals surface area (Å²) in [5.74, 6) is 0. The van der Waals surface area contributed by atoms with Gasteiger partial charge in [0.2, 0.25) is 0 Å². The van der Waals surface area contributed by atoms with Gasteiger partial charge in [0.05, 0.1) is 12.5 Å². The molecule has 4 nitrogen and oxygen atoms in total. The first-order valence-electron chi connectivity index (χ1n) is 7.13. The third kappa shape index (κ3) is 4.10. The maximum absolute atomic E-state index is 11.9. The summed E-state index contributed by atoms with van der Waals surface area (Å²) in [6, 6.07) is 13.7. The summed E-state index contributed by atoms with van der Waals surface area (Å²) >= 11 is 0. The lowest BCUT2D eigenvalue weighted by Crippen LogP contribution is -2.18. The van der Waals surface area contributed by atoms with E-state index in [1.807, 2.05) is 55.4 Å². The summed E-state index contributed by atoms with van der Waals surface area (Å²) in [6.07, 6.45) is 5.97. The number of pyridine rings is 1. The Hall–Kier alpha value is -2.80. The first-order valence-corrected chi connectivity index (χ1v) is 7.13. The van der Waals surface area contributed by atoms with Crippen LogP contribution in [0.1, 0.15) is 17.5 Å². The molecule has 4 heteroatoms. The maximum Gasteiger partial charge on any atom is 0.251 e. The van der Waals surface area contributed by atoms with E-state index in [0.717, 1.165) is 16.8 Å². The average Bonchev–Trinajstić information content (AvgIpc) is 2.52. The molecular formula is C18H19N3O. The van der Waals surface area contributed by atoms with Crippen molar-refractivity contribution in [2.24, 2.45) is 0 Å². The molecule has 2 aromatic rings. The van der Waals surface area contributed by atoms with E-state index in [0.29, 0.717) is 13.0 Å². The van der Waals surface area contributed by atoms with Gasteiger partial charge in [-0.1, -0.05) is 24.3 Å². The third-order valence-electron chi connectivity index (χ3n) is 3.36. The molecule has 0 spiro atoms. The molecule has 2 rings (SSSR count). The van der Waals surface area contributed by atoms with Gasteiger partial charge in [-0.25, -0.2) is 0 Å². The van der Waals surface area contributed by atoms with Crippen LogP contribution in [0.4, 0.5) is 5.69 Å². The summed E-state index contributed by atoms with van der Waals surface area (Å²) < 4.78 is 1.55. The van der Waals surface area contributed by atoms with E-state index >= 15 is 0 Å². The van der Waals surface area contributed by atoms with Gasteiger partial charge >= 0.3 is 0 Å². The van der Waals surface area contributed by atoms with E-state index in [1.54, 1.807) is 16.8 Å². The molecule has 0 saturated heterocycles. The minimum atomic E-state index is -0.0830. The standard InChI is InChI=1S/C18H19N3O/c1-20(2)17-8-6-15(7-9-17)4-5-16-10-13-21(12-3-11-19)18(22)14-16/h4-10,13-14H,3,12H2,1-2H3/b5-4+. The summed E-state index contributed by atoms with van der Waals surface area (Å²) in [5.41, 5.74) is 3.01. The Kier molecular flexibility index (Phi) is 5.16. The molecule has 0 bridgehead atoms. The summed E-state index contributed by atoms with van der Waals surface area (Å²) in [4.78, 5) is 13.9. The lowest BCUT2D eigenvalue weighted by molar-refractivity contribution is 0.686. The van der Waals surface area contributed by atoms with E-state index in [-0.39, 0.29) is 5.56 Å². The Bertz CT molecular complexity index is 749. The topological polar surface area (TPSA) is 49.0 Å². The highest BCUT2D eigenvalue weighted by Gasteiger charge is 1.97. The van der Waals surface area contributed by atoms with Gasteiger partial charge in [0.25, 0.3) is 5.56 Å². The Labute approximate surface area is 130 Å². The number of anilines is 1. The Balaban J connectivity index is 2.11. The lowest BCUT2D eigenvalue weighted by atomic mass is 10.1. The largest absolute Gasteiger partial charge is 0.378 e. The number of hydrogen-bond donors (Lipinski definition) is 0. The van der Waals surface area contributed by atoms with Crippen LogP contribution in [-0.2, 0) is 6.54 Å². The molecule has 0 aliphatic carbocycles. The molecule has 0 N–H and O–H groups in total. The second-order valence-corrected chi connectivity index (χ2v) is 5.22. The van der Waals surface area contributed by atoms with Crippen LogP contribution in [0.5, 0.6) is 0 Å². The molecule has 0 amide bonds. The van der Waals surface area contributed by atoms with Crippen molar-refractivity contribution in [3.8, 4) is 6.07 Å². The molecular weight excluding hydrogens is 274 g/mol. The fourth-order valence-corrected chi connectivity index (χ4v) is 2.06. The highest BCUT2D eigenvalue weighted by Crippen LogP contribution is 2.14. The van der Waals surface area contributed by atoms with Gasteiger partial charge in [-0.2, -0.15) is 5.26 Å². The number of nitriles is 1. The van der Waals surface area contributed by atoms with Crippen LogP contribution in [0.25, 0.3) is 12.2 Å². The minimum absolute atomic E-state index is 0.0830. The van der Waals surface area contributed by atoms with Gasteiger partial charge in [-0.3, -0.25) is 4.79 Å². The molecule has 0 aliphatic heterocycles. The van der Waals surface area contributed by atoms with Crippen molar-refractivity contribution >= 4 is 17.8 Å². The van der Waals surface area contributed by atoms with Crippen molar-refractivity contribution in [2.45, 2.75) is 13.0 Å². The van der Waals surface area contributed by atoms with Crippen molar-refractivity contribution in [1.82, 2.24) is 4.57 Å². The number of nitrogens with zero attached hydrogens (tertiary/aromatic N) is 3. The Morgan fingerprint density at radius 2 is 1.82 bits per heavy atom. The molecule has 0 unspecified atom stereocenters. The highest BCUT2D eigenvalue weighted by molar-refractivity contribution is 5.70. The first kappa shape index (κ1) is 15.6. The predicted molar refractivity (Wildman–Crippen MR) is 90.6 cm³/mol. The van der Waals surface area contributed by atoms with Crippen molar-refractivity contribution in [3.63, 3.8) is 0 Å². The number of benzene rings is 1. The van der Waals surface area contributed by atoms with Crippen LogP contribution in [0.2, 0.25) is 0 Å². The van der Waals surface area contributed by atoms with Crippen LogP contribution in [-0.4, -0.2) is 18.7 Å². The zero-order chi connectivity index (χ0) is 15.9. The van der Waals surface area contributed by atoms with Crippen LogP contribution in [0, 0.1) is 11.3 Å². The Morgan fingerprint density at radius 3 is 2.41 bits per heavy atom. The monoisotopic (exact) mass is 293 g/mol. The van der Waals surface area contributed by atoms with Crippen molar-refractivity contribution in [3.05, 3.63) is 64.1 Å². The predicted octanol–water partition coefficient (Wildman–Crippen LogP) is 3.00. The summed E-state index contributed by atoms with van der Waals surface area (Å²) in [5, 5.41) is 8.56. The van der Waals surface area contributed by atoms with E-state index in [1.165, 1.54) is 0 Å². The molecule has 0 aliphatic rings. The van der Waals surface area contributed by atoms with E-state index in [9.17, 15) is 4.79 Å². The van der Waals surface area contributed by atoms with E-state index in [4.69, 9.17) is 5.26 Å². The molecule has 1 heterocycles. The molecule has 0 radical (unpaired) electrons. The molecule has 1 aromatic heterocycles. The van der Waals surface area contributed by atoms with Gasteiger partial charge in [0, 0.05) is 38.6 Å². The average molecular weight is 293 g/mol. The van der Waals surface area contributed by atoms with Crippen LogP contribution in [0.15, 0.2) is 47.4 Å². The quantitative estimate of drug-likeness (QED) is 0.851.